The molecule has 3 heterocycles. The van der Waals surface area contributed by atoms with Gasteiger partial charge in [-0.05, 0) is 35.4 Å². The van der Waals surface area contributed by atoms with Crippen molar-refractivity contribution in [1.82, 2.24) is 24.1 Å². The molecule has 0 saturated heterocycles. The van der Waals surface area contributed by atoms with E-state index in [1.165, 1.54) is 10.8 Å². The number of aromatic nitrogens is 5. The summed E-state index contributed by atoms with van der Waals surface area (Å²) in [6.45, 7) is 1.98. The molecule has 10 heteroatoms. The first-order valence-corrected chi connectivity index (χ1v) is 11.4. The Balaban J connectivity index is 0.000000270. The van der Waals surface area contributed by atoms with Crippen LogP contribution < -0.4 is 22.6 Å². The molecular weight excluding hydrogens is 468 g/mol. The van der Waals surface area contributed by atoms with E-state index < -0.39 is 0 Å². The summed E-state index contributed by atoms with van der Waals surface area (Å²) < 4.78 is 3.16. The van der Waals surface area contributed by atoms with E-state index in [1.54, 1.807) is 23.9 Å². The second-order valence-electron chi connectivity index (χ2n) is 8.06. The van der Waals surface area contributed by atoms with Crippen molar-refractivity contribution in [3.8, 4) is 22.9 Å². The van der Waals surface area contributed by atoms with Crippen molar-refractivity contribution in [3.63, 3.8) is 0 Å². The molecule has 0 atom stereocenters. The second kappa shape index (κ2) is 10.5. The second-order valence-corrected chi connectivity index (χ2v) is 8.06. The van der Waals surface area contributed by atoms with Gasteiger partial charge in [-0.3, -0.25) is 14.2 Å². The molecular formula is C27H24N8O2. The Labute approximate surface area is 212 Å². The highest BCUT2D eigenvalue weighted by atomic mass is 16.1. The van der Waals surface area contributed by atoms with Crippen LogP contribution in [0.3, 0.4) is 0 Å². The summed E-state index contributed by atoms with van der Waals surface area (Å²) in [7, 11) is 1.70. The van der Waals surface area contributed by atoms with Crippen LogP contribution in [0.5, 0.6) is 0 Å². The van der Waals surface area contributed by atoms with E-state index in [-0.39, 0.29) is 28.4 Å². The highest BCUT2D eigenvalue weighted by molar-refractivity contribution is 5.94. The van der Waals surface area contributed by atoms with E-state index in [0.29, 0.717) is 28.7 Å². The van der Waals surface area contributed by atoms with Gasteiger partial charge >= 0.3 is 0 Å². The van der Waals surface area contributed by atoms with Gasteiger partial charge in [-0.15, -0.1) is 0 Å². The molecule has 3 aromatic heterocycles. The average molecular weight is 493 g/mol. The van der Waals surface area contributed by atoms with Crippen LogP contribution >= 0.6 is 0 Å². The number of rotatable bonds is 3. The number of anilines is 2. The minimum Gasteiger partial charge on any atom is -0.382 e. The zero-order valence-electron chi connectivity index (χ0n) is 20.3. The molecule has 5 aromatic rings. The van der Waals surface area contributed by atoms with E-state index in [1.807, 2.05) is 67.6 Å². The first kappa shape index (κ1) is 24.8. The topological polar surface area (TPSA) is 159 Å². The van der Waals surface area contributed by atoms with Crippen molar-refractivity contribution in [2.45, 2.75) is 13.3 Å². The van der Waals surface area contributed by atoms with E-state index in [2.05, 4.69) is 9.97 Å². The van der Waals surface area contributed by atoms with Crippen LogP contribution in [-0.2, 0) is 13.5 Å². The summed E-state index contributed by atoms with van der Waals surface area (Å²) in [4.78, 5) is 37.5. The van der Waals surface area contributed by atoms with Gasteiger partial charge in [-0.2, -0.15) is 10.2 Å². The molecule has 0 aliphatic carbocycles. The maximum absolute atomic E-state index is 13.5. The van der Waals surface area contributed by atoms with Crippen LogP contribution in [0.25, 0.3) is 27.7 Å². The maximum Gasteiger partial charge on any atom is 0.266 e. The molecule has 4 N–H and O–H groups in total. The summed E-state index contributed by atoms with van der Waals surface area (Å²) in [5, 5.41) is 8.88. The smallest absolute Gasteiger partial charge is 0.266 e. The number of nitrogens with two attached hydrogens (primary N) is 2. The molecule has 0 aliphatic heterocycles. The number of hydrogen-bond acceptors (Lipinski definition) is 8. The molecule has 0 bridgehead atoms. The summed E-state index contributed by atoms with van der Waals surface area (Å²) in [6, 6.07) is 20.3. The van der Waals surface area contributed by atoms with Crippen LogP contribution in [0.2, 0.25) is 0 Å². The summed E-state index contributed by atoms with van der Waals surface area (Å²) >= 11 is 0. The predicted molar refractivity (Wildman–Crippen MR) is 143 cm³/mol. The zero-order valence-corrected chi connectivity index (χ0v) is 20.3. The number of nitriles is 1. The van der Waals surface area contributed by atoms with Crippen molar-refractivity contribution >= 4 is 22.7 Å². The highest BCUT2D eigenvalue weighted by Crippen LogP contribution is 2.25. The lowest BCUT2D eigenvalue weighted by molar-refractivity contribution is 0.833. The SMILES string of the molecule is CCc1nc2cccc(-c3ccn(C)c(=O)c3)c2c(=O)n1-c1ccccc1.N#Cc1cnc(N)nc1N. The third-order valence-corrected chi connectivity index (χ3v) is 5.67. The summed E-state index contributed by atoms with van der Waals surface area (Å²) in [6.07, 6.45) is 3.63. The van der Waals surface area contributed by atoms with Crippen molar-refractivity contribution in [1.29, 1.82) is 5.26 Å². The number of nitrogen functional groups attached to an aromatic ring is 2. The van der Waals surface area contributed by atoms with Gasteiger partial charge in [-0.25, -0.2) is 9.97 Å². The average Bonchev–Trinajstić information content (AvgIpc) is 2.90. The molecule has 2 aromatic carbocycles. The van der Waals surface area contributed by atoms with E-state index in [0.717, 1.165) is 11.3 Å². The first-order valence-electron chi connectivity index (χ1n) is 11.4. The van der Waals surface area contributed by atoms with Crippen molar-refractivity contribution in [3.05, 3.63) is 105 Å². The molecule has 0 unspecified atom stereocenters. The molecule has 10 nitrogen and oxygen atoms in total. The van der Waals surface area contributed by atoms with Gasteiger partial charge < -0.3 is 16.0 Å². The first-order chi connectivity index (χ1) is 17.8. The van der Waals surface area contributed by atoms with Gasteiger partial charge in [0.1, 0.15) is 23.3 Å². The number of para-hydroxylation sites is 1. The van der Waals surface area contributed by atoms with Crippen molar-refractivity contribution in [2.75, 3.05) is 11.5 Å². The lowest BCUT2D eigenvalue weighted by atomic mass is 10.0. The Kier molecular flexibility index (Phi) is 7.06. The molecule has 0 spiro atoms. The minimum atomic E-state index is -0.126. The number of hydrogen-bond donors (Lipinski definition) is 2. The monoisotopic (exact) mass is 492 g/mol. The molecule has 0 amide bonds. The Bertz CT molecular complexity index is 1750. The van der Waals surface area contributed by atoms with E-state index in [4.69, 9.17) is 21.7 Å². The van der Waals surface area contributed by atoms with Gasteiger partial charge in [0.05, 0.1) is 22.8 Å². The van der Waals surface area contributed by atoms with Gasteiger partial charge in [0.2, 0.25) is 5.95 Å². The summed E-state index contributed by atoms with van der Waals surface area (Å²) in [5.41, 5.74) is 13.3. The normalized spacial score (nSPS) is 10.4. The van der Waals surface area contributed by atoms with Gasteiger partial charge in [0, 0.05) is 25.7 Å². The Hall–Kier alpha value is -5.30. The molecule has 184 valence electrons. The van der Waals surface area contributed by atoms with Gasteiger partial charge in [0.15, 0.2) is 0 Å². The predicted octanol–water partition coefficient (Wildman–Crippen LogP) is 2.83. The lowest BCUT2D eigenvalue weighted by Crippen LogP contribution is -2.24. The fourth-order valence-corrected chi connectivity index (χ4v) is 3.81. The Morgan fingerprint density at radius 3 is 2.41 bits per heavy atom. The molecule has 0 radical (unpaired) electrons. The fourth-order valence-electron chi connectivity index (χ4n) is 3.81. The summed E-state index contributed by atoms with van der Waals surface area (Å²) in [5.74, 6) is 0.909. The third kappa shape index (κ3) is 5.06. The standard InChI is InChI=1S/C22H19N3O2.C5H5N5/c1-3-19-23-18-11-7-10-17(15-12-13-24(2)20(26)14-15)21(18)22(27)25(19)16-8-5-4-6-9-16;6-1-3-2-9-5(8)10-4(3)7/h4-14H,3H2,1-2H3;2H,(H4,7,8,9,10). The Morgan fingerprint density at radius 2 is 1.76 bits per heavy atom. The Morgan fingerprint density at radius 1 is 1.00 bits per heavy atom. The van der Waals surface area contributed by atoms with Crippen molar-refractivity contribution in [2.24, 2.45) is 7.05 Å². The third-order valence-electron chi connectivity index (χ3n) is 5.67. The molecule has 0 fully saturated rings. The van der Waals surface area contributed by atoms with Crippen LogP contribution in [0, 0.1) is 11.3 Å². The molecule has 37 heavy (non-hydrogen) atoms. The fraction of sp³-hybridized carbons (Fsp3) is 0.111. The highest BCUT2D eigenvalue weighted by Gasteiger charge is 2.15. The number of fused-ring (bicyclic) bond motifs is 1. The zero-order chi connectivity index (χ0) is 26.5. The molecule has 5 rings (SSSR count). The van der Waals surface area contributed by atoms with Crippen molar-refractivity contribution < 1.29 is 0 Å². The minimum absolute atomic E-state index is 0.0801. The van der Waals surface area contributed by atoms with Crippen LogP contribution in [-0.4, -0.2) is 24.1 Å². The lowest BCUT2D eigenvalue weighted by Gasteiger charge is -2.14. The molecule has 0 aliphatic rings. The van der Waals surface area contributed by atoms with Crippen LogP contribution in [0.15, 0.2) is 82.6 Å². The van der Waals surface area contributed by atoms with Crippen LogP contribution in [0.1, 0.15) is 18.3 Å². The van der Waals surface area contributed by atoms with E-state index in [9.17, 15) is 9.59 Å². The largest absolute Gasteiger partial charge is 0.382 e. The number of aryl methyl sites for hydroxylation is 2. The quantitative estimate of drug-likeness (QED) is 0.389. The van der Waals surface area contributed by atoms with Crippen LogP contribution in [0.4, 0.5) is 11.8 Å². The number of benzene rings is 2. The number of nitrogens with zero attached hydrogens (tertiary/aromatic N) is 6. The van der Waals surface area contributed by atoms with Gasteiger partial charge in [0.25, 0.3) is 11.1 Å². The number of pyridine rings is 1. The maximum atomic E-state index is 13.5. The van der Waals surface area contributed by atoms with E-state index >= 15 is 0 Å². The molecule has 0 saturated carbocycles. The van der Waals surface area contributed by atoms with Gasteiger partial charge in [-0.1, -0.05) is 37.3 Å².